The maximum Gasteiger partial charge on any atom is 0.264 e. The number of rotatable bonds is 5. The van der Waals surface area contributed by atoms with E-state index in [1.807, 2.05) is 60.7 Å². The van der Waals surface area contributed by atoms with Crippen LogP contribution in [0.1, 0.15) is 15.2 Å². The molecule has 138 valence electrons. The zero-order chi connectivity index (χ0) is 18.5. The van der Waals surface area contributed by atoms with Crippen LogP contribution >= 0.6 is 11.3 Å². The van der Waals surface area contributed by atoms with Crippen LogP contribution in [0.3, 0.4) is 0 Å². The van der Waals surface area contributed by atoms with Gasteiger partial charge in [-0.3, -0.25) is 4.79 Å². The third kappa shape index (κ3) is 4.18. The fourth-order valence-electron chi connectivity index (χ4n) is 3.00. The standard InChI is InChI=1S/C21H21N3O2S/c25-20(22-15-16-7-3-1-4-8-16)19-18(17-9-5-2-6-10-17)23-21(27-19)24-11-13-26-14-12-24/h1-10H,11-15H2,(H,22,25). The summed E-state index contributed by atoms with van der Waals surface area (Å²) in [6.07, 6.45) is 0. The van der Waals surface area contributed by atoms with E-state index in [1.165, 1.54) is 11.3 Å². The summed E-state index contributed by atoms with van der Waals surface area (Å²) in [5, 5.41) is 3.91. The van der Waals surface area contributed by atoms with E-state index in [0.29, 0.717) is 24.6 Å². The van der Waals surface area contributed by atoms with E-state index in [0.717, 1.165) is 35.0 Å². The number of thiazole rings is 1. The van der Waals surface area contributed by atoms with Gasteiger partial charge in [0.15, 0.2) is 5.13 Å². The lowest BCUT2D eigenvalue weighted by molar-refractivity contribution is 0.0955. The summed E-state index contributed by atoms with van der Waals surface area (Å²) in [5.74, 6) is -0.0882. The second-order valence-corrected chi connectivity index (χ2v) is 7.29. The first-order valence-corrected chi connectivity index (χ1v) is 9.84. The number of nitrogens with one attached hydrogen (secondary N) is 1. The lowest BCUT2D eigenvalue weighted by atomic mass is 10.1. The highest BCUT2D eigenvalue weighted by Gasteiger charge is 2.23. The van der Waals surface area contributed by atoms with Gasteiger partial charge in [0.1, 0.15) is 4.88 Å². The average Bonchev–Trinajstić information content (AvgIpc) is 3.20. The Morgan fingerprint density at radius 1 is 1.04 bits per heavy atom. The molecule has 4 rings (SSSR count). The van der Waals surface area contributed by atoms with Crippen LogP contribution in [0.4, 0.5) is 5.13 Å². The molecular weight excluding hydrogens is 358 g/mol. The molecule has 0 atom stereocenters. The Hall–Kier alpha value is -2.70. The first-order valence-electron chi connectivity index (χ1n) is 9.02. The number of hydrogen-bond acceptors (Lipinski definition) is 5. The van der Waals surface area contributed by atoms with Gasteiger partial charge in [-0.05, 0) is 5.56 Å². The lowest BCUT2D eigenvalue weighted by Crippen LogP contribution is -2.36. The molecule has 6 heteroatoms. The topological polar surface area (TPSA) is 54.5 Å². The minimum Gasteiger partial charge on any atom is -0.378 e. The van der Waals surface area contributed by atoms with Crippen LogP contribution in [0.5, 0.6) is 0 Å². The Morgan fingerprint density at radius 3 is 2.41 bits per heavy atom. The second kappa shape index (κ2) is 8.33. The minimum absolute atomic E-state index is 0.0882. The number of ether oxygens (including phenoxy) is 1. The zero-order valence-corrected chi connectivity index (χ0v) is 15.7. The van der Waals surface area contributed by atoms with Crippen molar-refractivity contribution in [3.63, 3.8) is 0 Å². The van der Waals surface area contributed by atoms with Gasteiger partial charge in [0.2, 0.25) is 0 Å². The molecule has 1 saturated heterocycles. The number of morpholine rings is 1. The summed E-state index contributed by atoms with van der Waals surface area (Å²) in [7, 11) is 0. The number of hydrogen-bond donors (Lipinski definition) is 1. The molecule has 0 bridgehead atoms. The molecule has 27 heavy (non-hydrogen) atoms. The van der Waals surface area contributed by atoms with Gasteiger partial charge in [-0.1, -0.05) is 72.0 Å². The smallest absolute Gasteiger partial charge is 0.264 e. The molecule has 0 aliphatic carbocycles. The highest BCUT2D eigenvalue weighted by atomic mass is 32.1. The molecule has 3 aromatic rings. The van der Waals surface area contributed by atoms with Crippen LogP contribution in [0, 0.1) is 0 Å². The molecule has 1 aliphatic heterocycles. The van der Waals surface area contributed by atoms with Crippen LogP contribution in [0.2, 0.25) is 0 Å². The fourth-order valence-corrected chi connectivity index (χ4v) is 4.06. The number of benzene rings is 2. The summed E-state index contributed by atoms with van der Waals surface area (Å²) in [6.45, 7) is 3.48. The first kappa shape index (κ1) is 17.7. The van der Waals surface area contributed by atoms with Crippen molar-refractivity contribution in [3.05, 3.63) is 71.1 Å². The summed E-state index contributed by atoms with van der Waals surface area (Å²) in [5.41, 5.74) is 2.77. The Labute approximate surface area is 162 Å². The van der Waals surface area contributed by atoms with E-state index >= 15 is 0 Å². The number of amides is 1. The summed E-state index contributed by atoms with van der Waals surface area (Å²) >= 11 is 1.45. The normalized spacial score (nSPS) is 14.1. The molecule has 1 aliphatic rings. The lowest BCUT2D eigenvalue weighted by Gasteiger charge is -2.26. The summed E-state index contributed by atoms with van der Waals surface area (Å²) < 4.78 is 5.43. The largest absolute Gasteiger partial charge is 0.378 e. The number of carbonyl (C=O) groups excluding carboxylic acids is 1. The fraction of sp³-hybridized carbons (Fsp3) is 0.238. The molecule has 2 aromatic carbocycles. The van der Waals surface area contributed by atoms with Crippen LogP contribution < -0.4 is 10.2 Å². The third-order valence-corrected chi connectivity index (χ3v) is 5.56. The van der Waals surface area contributed by atoms with Gasteiger partial charge in [-0.2, -0.15) is 0 Å². The Balaban J connectivity index is 1.61. The molecule has 1 fully saturated rings. The van der Waals surface area contributed by atoms with E-state index in [1.54, 1.807) is 0 Å². The van der Waals surface area contributed by atoms with Crippen molar-refractivity contribution in [1.82, 2.24) is 10.3 Å². The van der Waals surface area contributed by atoms with Crippen molar-refractivity contribution >= 4 is 22.4 Å². The third-order valence-electron chi connectivity index (χ3n) is 4.45. The van der Waals surface area contributed by atoms with Crippen molar-refractivity contribution in [1.29, 1.82) is 0 Å². The SMILES string of the molecule is O=C(NCc1ccccc1)c1sc(N2CCOCC2)nc1-c1ccccc1. The molecule has 1 aromatic heterocycles. The Bertz CT molecular complexity index is 890. The molecule has 1 amide bonds. The van der Waals surface area contributed by atoms with Crippen molar-refractivity contribution < 1.29 is 9.53 Å². The van der Waals surface area contributed by atoms with Crippen molar-refractivity contribution in [2.75, 3.05) is 31.2 Å². The van der Waals surface area contributed by atoms with Gasteiger partial charge in [-0.25, -0.2) is 4.98 Å². The molecule has 1 N–H and O–H groups in total. The second-order valence-electron chi connectivity index (χ2n) is 6.31. The van der Waals surface area contributed by atoms with E-state index in [2.05, 4.69) is 10.2 Å². The monoisotopic (exact) mass is 379 g/mol. The molecule has 0 saturated carbocycles. The van der Waals surface area contributed by atoms with Crippen LogP contribution in [0.15, 0.2) is 60.7 Å². The summed E-state index contributed by atoms with van der Waals surface area (Å²) in [6, 6.07) is 19.8. The molecular formula is C21H21N3O2S. The maximum absolute atomic E-state index is 12.9. The predicted octanol–water partition coefficient (Wildman–Crippen LogP) is 3.58. The van der Waals surface area contributed by atoms with Crippen molar-refractivity contribution in [3.8, 4) is 11.3 Å². The average molecular weight is 379 g/mol. The number of nitrogens with zero attached hydrogens (tertiary/aromatic N) is 2. The van der Waals surface area contributed by atoms with Crippen molar-refractivity contribution in [2.24, 2.45) is 0 Å². The van der Waals surface area contributed by atoms with Crippen LogP contribution in [-0.2, 0) is 11.3 Å². The van der Waals surface area contributed by atoms with Gasteiger partial charge in [0.05, 0.1) is 18.9 Å². The quantitative estimate of drug-likeness (QED) is 0.736. The van der Waals surface area contributed by atoms with Crippen molar-refractivity contribution in [2.45, 2.75) is 6.54 Å². The number of carbonyl (C=O) groups is 1. The van der Waals surface area contributed by atoms with Gasteiger partial charge in [0, 0.05) is 25.2 Å². The van der Waals surface area contributed by atoms with Gasteiger partial charge in [-0.15, -0.1) is 0 Å². The van der Waals surface area contributed by atoms with Gasteiger partial charge >= 0.3 is 0 Å². The maximum atomic E-state index is 12.9. The number of aromatic nitrogens is 1. The molecule has 0 unspecified atom stereocenters. The van der Waals surface area contributed by atoms with E-state index in [9.17, 15) is 4.79 Å². The Morgan fingerprint density at radius 2 is 1.70 bits per heavy atom. The van der Waals surface area contributed by atoms with E-state index < -0.39 is 0 Å². The van der Waals surface area contributed by atoms with Crippen LogP contribution in [-0.4, -0.2) is 37.2 Å². The molecule has 5 nitrogen and oxygen atoms in total. The first-order chi connectivity index (χ1) is 13.3. The highest BCUT2D eigenvalue weighted by Crippen LogP contribution is 2.33. The van der Waals surface area contributed by atoms with Gasteiger partial charge in [0.25, 0.3) is 5.91 Å². The Kier molecular flexibility index (Phi) is 5.46. The molecule has 0 radical (unpaired) electrons. The highest BCUT2D eigenvalue weighted by molar-refractivity contribution is 7.18. The molecule has 0 spiro atoms. The predicted molar refractivity (Wildman–Crippen MR) is 108 cm³/mol. The summed E-state index contributed by atoms with van der Waals surface area (Å²) in [4.78, 5) is 20.6. The van der Waals surface area contributed by atoms with E-state index in [-0.39, 0.29) is 5.91 Å². The van der Waals surface area contributed by atoms with E-state index in [4.69, 9.17) is 9.72 Å². The zero-order valence-electron chi connectivity index (χ0n) is 14.9. The van der Waals surface area contributed by atoms with Gasteiger partial charge < -0.3 is 15.0 Å². The van der Waals surface area contributed by atoms with Crippen LogP contribution in [0.25, 0.3) is 11.3 Å². The number of anilines is 1. The molecule has 2 heterocycles. The minimum atomic E-state index is -0.0882.